The van der Waals surface area contributed by atoms with Gasteiger partial charge in [0.1, 0.15) is 11.6 Å². The predicted octanol–water partition coefficient (Wildman–Crippen LogP) is 1.89. The molecule has 1 saturated heterocycles. The number of piperidine rings is 1. The van der Waals surface area contributed by atoms with Crippen LogP contribution in [-0.4, -0.2) is 17.9 Å². The molecule has 1 aromatic rings. The molecule has 1 unspecified atom stereocenters. The fraction of sp³-hybridized carbons (Fsp3) is 0.429. The number of halogens is 1. The highest BCUT2D eigenvalue weighted by Gasteiger charge is 2.29. The van der Waals surface area contributed by atoms with Gasteiger partial charge in [-0.1, -0.05) is 6.07 Å². The predicted molar refractivity (Wildman–Crippen MR) is 65.2 cm³/mol. The third-order valence-electron chi connectivity index (χ3n) is 3.46. The summed E-state index contributed by atoms with van der Waals surface area (Å²) in [5.41, 5.74) is 0.718. The van der Waals surface area contributed by atoms with Crippen LogP contribution in [0.15, 0.2) is 18.2 Å². The van der Waals surface area contributed by atoms with Crippen molar-refractivity contribution in [3.05, 3.63) is 29.6 Å². The van der Waals surface area contributed by atoms with Crippen LogP contribution in [0.2, 0.25) is 0 Å². The highest BCUT2D eigenvalue weighted by atomic mass is 19.1. The third-order valence-corrected chi connectivity index (χ3v) is 3.46. The van der Waals surface area contributed by atoms with Crippen LogP contribution in [0.5, 0.6) is 5.75 Å². The van der Waals surface area contributed by atoms with Gasteiger partial charge in [-0.15, -0.1) is 0 Å². The van der Waals surface area contributed by atoms with Crippen molar-refractivity contribution < 1.29 is 18.7 Å². The fourth-order valence-electron chi connectivity index (χ4n) is 2.26. The number of rotatable bonds is 3. The van der Waals surface area contributed by atoms with Crippen LogP contribution in [0.25, 0.3) is 0 Å². The molecule has 0 spiro atoms. The van der Waals surface area contributed by atoms with E-state index >= 15 is 0 Å². The maximum absolute atomic E-state index is 13.8. The molecule has 0 aromatic heterocycles. The molecule has 0 radical (unpaired) electrons. The van der Waals surface area contributed by atoms with Gasteiger partial charge in [-0.3, -0.25) is 14.9 Å². The van der Waals surface area contributed by atoms with Crippen LogP contribution in [0.1, 0.15) is 37.2 Å². The van der Waals surface area contributed by atoms with Gasteiger partial charge in [0.15, 0.2) is 6.10 Å². The zero-order valence-electron chi connectivity index (χ0n) is 10.3. The van der Waals surface area contributed by atoms with Gasteiger partial charge in [0.05, 0.1) is 0 Å². The molecule has 100 valence electrons. The van der Waals surface area contributed by atoms with E-state index in [0.717, 1.165) is 18.4 Å². The largest absolute Gasteiger partial charge is 0.480 e. The second-order valence-corrected chi connectivity index (χ2v) is 5.02. The van der Waals surface area contributed by atoms with Crippen LogP contribution < -0.4 is 10.1 Å². The van der Waals surface area contributed by atoms with E-state index in [9.17, 15) is 14.0 Å². The average molecular weight is 263 g/mol. The van der Waals surface area contributed by atoms with Crippen LogP contribution in [-0.2, 0) is 9.59 Å². The molecule has 1 aliphatic heterocycles. The third kappa shape index (κ3) is 2.59. The summed E-state index contributed by atoms with van der Waals surface area (Å²) in [5, 5.41) is 2.21. The Labute approximate surface area is 109 Å². The Morgan fingerprint density at radius 3 is 2.63 bits per heavy atom. The first-order valence-corrected chi connectivity index (χ1v) is 6.43. The zero-order chi connectivity index (χ0) is 13.4. The molecule has 19 heavy (non-hydrogen) atoms. The summed E-state index contributed by atoms with van der Waals surface area (Å²) in [5.74, 6) is -0.364. The van der Waals surface area contributed by atoms with Gasteiger partial charge >= 0.3 is 0 Å². The molecule has 1 aliphatic carbocycles. The first-order valence-electron chi connectivity index (χ1n) is 6.43. The topological polar surface area (TPSA) is 55.4 Å². The standard InChI is InChI=1S/C14H14FNO3/c15-11-7-9(3-4-10(11)8-1-2-8)19-12-5-6-13(17)16-14(12)18/h3-4,7-8,12H,1-2,5-6H2,(H,16,17,18). The number of carbonyl (C=O) groups excluding carboxylic acids is 2. The Balaban J connectivity index is 1.71. The monoisotopic (exact) mass is 263 g/mol. The SMILES string of the molecule is O=C1CCC(Oc2ccc(C3CC3)c(F)c2)C(=O)N1. The van der Waals surface area contributed by atoms with E-state index in [2.05, 4.69) is 5.32 Å². The minimum atomic E-state index is -0.719. The molecule has 1 aromatic carbocycles. The Hall–Kier alpha value is -1.91. The van der Waals surface area contributed by atoms with Crippen molar-refractivity contribution in [1.29, 1.82) is 0 Å². The number of imide groups is 1. The number of ether oxygens (including phenoxy) is 1. The summed E-state index contributed by atoms with van der Waals surface area (Å²) >= 11 is 0. The maximum atomic E-state index is 13.8. The van der Waals surface area contributed by atoms with Crippen molar-refractivity contribution in [3.8, 4) is 5.75 Å². The first-order chi connectivity index (χ1) is 9.13. The molecule has 1 atom stereocenters. The lowest BCUT2D eigenvalue weighted by molar-refractivity contribution is -0.138. The normalized spacial score (nSPS) is 23.1. The molecule has 3 rings (SSSR count). The van der Waals surface area contributed by atoms with E-state index in [1.165, 1.54) is 6.07 Å². The zero-order valence-corrected chi connectivity index (χ0v) is 10.3. The van der Waals surface area contributed by atoms with E-state index < -0.39 is 12.0 Å². The highest BCUT2D eigenvalue weighted by molar-refractivity contribution is 5.99. The lowest BCUT2D eigenvalue weighted by atomic mass is 10.1. The van der Waals surface area contributed by atoms with Gasteiger partial charge in [0.2, 0.25) is 5.91 Å². The second-order valence-electron chi connectivity index (χ2n) is 5.02. The number of hydrogen-bond acceptors (Lipinski definition) is 3. The summed E-state index contributed by atoms with van der Waals surface area (Å²) in [6.45, 7) is 0. The molecule has 1 N–H and O–H groups in total. The Bertz CT molecular complexity index is 539. The lowest BCUT2D eigenvalue weighted by Gasteiger charge is -2.22. The number of hydrogen-bond donors (Lipinski definition) is 1. The van der Waals surface area contributed by atoms with Crippen LogP contribution in [0.3, 0.4) is 0 Å². The second kappa shape index (κ2) is 4.64. The Kier molecular flexibility index (Phi) is 2.97. The van der Waals surface area contributed by atoms with E-state index in [1.54, 1.807) is 12.1 Å². The van der Waals surface area contributed by atoms with Crippen LogP contribution in [0.4, 0.5) is 4.39 Å². The average Bonchev–Trinajstić information content (AvgIpc) is 3.17. The molecular weight excluding hydrogens is 249 g/mol. The van der Waals surface area contributed by atoms with Crippen molar-refractivity contribution in [2.24, 2.45) is 0 Å². The van der Waals surface area contributed by atoms with Crippen LogP contribution in [0, 0.1) is 5.82 Å². The van der Waals surface area contributed by atoms with Crippen molar-refractivity contribution in [2.45, 2.75) is 37.7 Å². The smallest absolute Gasteiger partial charge is 0.267 e. The van der Waals surface area contributed by atoms with Crippen LogP contribution >= 0.6 is 0 Å². The highest BCUT2D eigenvalue weighted by Crippen LogP contribution is 2.41. The van der Waals surface area contributed by atoms with E-state index in [1.807, 2.05) is 0 Å². The maximum Gasteiger partial charge on any atom is 0.267 e. The summed E-state index contributed by atoms with van der Waals surface area (Å²) in [6.07, 6.45) is 1.92. The lowest BCUT2D eigenvalue weighted by Crippen LogP contribution is -2.46. The number of benzene rings is 1. The Morgan fingerprint density at radius 2 is 2.00 bits per heavy atom. The minimum Gasteiger partial charge on any atom is -0.480 e. The number of amides is 2. The summed E-state index contributed by atoms with van der Waals surface area (Å²) < 4.78 is 19.3. The molecule has 1 saturated carbocycles. The van der Waals surface area contributed by atoms with Gasteiger partial charge in [0, 0.05) is 18.9 Å². The van der Waals surface area contributed by atoms with Crippen molar-refractivity contribution in [1.82, 2.24) is 5.32 Å². The summed E-state index contributed by atoms with van der Waals surface area (Å²) in [6, 6.07) is 4.71. The van der Waals surface area contributed by atoms with Crippen molar-refractivity contribution >= 4 is 11.8 Å². The summed E-state index contributed by atoms with van der Waals surface area (Å²) in [4.78, 5) is 22.5. The van der Waals surface area contributed by atoms with E-state index in [4.69, 9.17) is 4.74 Å². The first kappa shape index (κ1) is 12.1. The molecule has 2 aliphatic rings. The molecular formula is C14H14FNO3. The molecule has 1 heterocycles. The Morgan fingerprint density at radius 1 is 1.21 bits per heavy atom. The van der Waals surface area contributed by atoms with Gasteiger partial charge in [-0.25, -0.2) is 4.39 Å². The molecule has 2 fully saturated rings. The summed E-state index contributed by atoms with van der Waals surface area (Å²) in [7, 11) is 0. The quantitative estimate of drug-likeness (QED) is 0.847. The molecule has 5 heteroatoms. The van der Waals surface area contributed by atoms with E-state index in [-0.39, 0.29) is 18.1 Å². The van der Waals surface area contributed by atoms with Gasteiger partial charge in [0.25, 0.3) is 5.91 Å². The minimum absolute atomic E-state index is 0.249. The van der Waals surface area contributed by atoms with E-state index in [0.29, 0.717) is 18.1 Å². The van der Waals surface area contributed by atoms with Crippen molar-refractivity contribution in [2.75, 3.05) is 0 Å². The molecule has 0 bridgehead atoms. The molecule has 2 amide bonds. The molecule has 4 nitrogen and oxygen atoms in total. The van der Waals surface area contributed by atoms with Gasteiger partial charge in [-0.2, -0.15) is 0 Å². The fourth-order valence-corrected chi connectivity index (χ4v) is 2.26. The van der Waals surface area contributed by atoms with Gasteiger partial charge < -0.3 is 4.74 Å². The van der Waals surface area contributed by atoms with Crippen molar-refractivity contribution in [3.63, 3.8) is 0 Å². The number of carbonyl (C=O) groups is 2. The van der Waals surface area contributed by atoms with Gasteiger partial charge in [-0.05, 0) is 30.4 Å². The number of nitrogens with one attached hydrogen (secondary N) is 1.